The van der Waals surface area contributed by atoms with Gasteiger partial charge in [0.25, 0.3) is 0 Å². The molecule has 30 heavy (non-hydrogen) atoms. The molecule has 0 amide bonds. The summed E-state index contributed by atoms with van der Waals surface area (Å²) in [5, 5.41) is 2.20. The second-order valence-electron chi connectivity index (χ2n) is 9.25. The summed E-state index contributed by atoms with van der Waals surface area (Å²) in [6, 6.07) is 4.46. The van der Waals surface area contributed by atoms with Gasteiger partial charge in [-0.3, -0.25) is 0 Å². The minimum absolute atomic E-state index is 0. The molecule has 1 rings (SSSR count). The molecule has 0 aliphatic carbocycles. The van der Waals surface area contributed by atoms with Gasteiger partial charge in [0.1, 0.15) is 0 Å². The van der Waals surface area contributed by atoms with Gasteiger partial charge in [-0.15, -0.1) is 11.3 Å². The first kappa shape index (κ1) is 30.7. The van der Waals surface area contributed by atoms with Gasteiger partial charge in [-0.25, -0.2) is 0 Å². The van der Waals surface area contributed by atoms with E-state index in [9.17, 15) is 0 Å². The van der Waals surface area contributed by atoms with E-state index >= 15 is 0 Å². The molecule has 0 aromatic carbocycles. The fraction of sp³-hybridized carbons (Fsp3) is 0.857. The Bertz CT molecular complexity index is 401. The Morgan fingerprint density at radius 2 is 0.833 bits per heavy atom. The molecule has 0 aliphatic heterocycles. The molecule has 0 fully saturated rings. The van der Waals surface area contributed by atoms with Crippen molar-refractivity contribution in [1.29, 1.82) is 0 Å². The van der Waals surface area contributed by atoms with Gasteiger partial charge in [-0.1, -0.05) is 148 Å². The first-order chi connectivity index (χ1) is 14.4. The van der Waals surface area contributed by atoms with Gasteiger partial charge in [0.15, 0.2) is 0 Å². The van der Waals surface area contributed by atoms with Crippen molar-refractivity contribution >= 4 is 40.9 Å². The van der Waals surface area contributed by atoms with Crippen LogP contribution >= 0.6 is 11.3 Å². The summed E-state index contributed by atoms with van der Waals surface area (Å²) in [5.74, 6) is 0. The van der Waals surface area contributed by atoms with E-state index in [1.807, 2.05) is 11.3 Å². The van der Waals surface area contributed by atoms with Crippen LogP contribution in [0.15, 0.2) is 17.5 Å². The van der Waals surface area contributed by atoms with Crippen LogP contribution in [0.1, 0.15) is 153 Å². The van der Waals surface area contributed by atoms with Gasteiger partial charge in [0, 0.05) is 4.88 Å². The van der Waals surface area contributed by atoms with E-state index in [0.29, 0.717) is 0 Å². The number of thiophene rings is 1. The molecule has 1 aromatic heterocycles. The van der Waals surface area contributed by atoms with Crippen LogP contribution in [0, 0.1) is 0 Å². The third-order valence-electron chi connectivity index (χ3n) is 6.36. The minimum atomic E-state index is 0. The van der Waals surface area contributed by atoms with E-state index in [-0.39, 0.29) is 29.6 Å². The van der Waals surface area contributed by atoms with Crippen LogP contribution in [0.3, 0.4) is 0 Å². The van der Waals surface area contributed by atoms with Gasteiger partial charge in [0.05, 0.1) is 0 Å². The molecule has 0 nitrogen and oxygen atoms in total. The molecule has 1 heterocycles. The van der Waals surface area contributed by atoms with Crippen LogP contribution < -0.4 is 0 Å². The number of unbranched alkanes of at least 4 members (excludes halogenated alkanes) is 21. The number of hydrogen-bond acceptors (Lipinski definition) is 1. The SMILES string of the molecule is CCCCCCCCCCCCCCCCCCCCCCCCc1cccs1.[NaH]. The van der Waals surface area contributed by atoms with E-state index in [0.717, 1.165) is 0 Å². The van der Waals surface area contributed by atoms with Crippen LogP contribution in [-0.4, -0.2) is 29.6 Å². The molecule has 1 aromatic rings. The zero-order chi connectivity index (χ0) is 20.7. The van der Waals surface area contributed by atoms with Gasteiger partial charge in [0.2, 0.25) is 0 Å². The molecular weight excluding hydrogens is 391 g/mol. The van der Waals surface area contributed by atoms with E-state index < -0.39 is 0 Å². The third-order valence-corrected chi connectivity index (χ3v) is 7.29. The summed E-state index contributed by atoms with van der Waals surface area (Å²) in [6.07, 6.45) is 33.6. The molecule has 0 saturated carbocycles. The molecule has 2 heteroatoms. The molecule has 0 aliphatic rings. The molecule has 0 atom stereocenters. The van der Waals surface area contributed by atoms with Crippen LogP contribution in [-0.2, 0) is 6.42 Å². The first-order valence-corrected chi connectivity index (χ1v) is 14.3. The second-order valence-corrected chi connectivity index (χ2v) is 10.3. The van der Waals surface area contributed by atoms with Crippen molar-refractivity contribution in [2.24, 2.45) is 0 Å². The fourth-order valence-electron chi connectivity index (χ4n) is 4.36. The van der Waals surface area contributed by atoms with Crippen molar-refractivity contribution < 1.29 is 0 Å². The van der Waals surface area contributed by atoms with Crippen LogP contribution in [0.4, 0.5) is 0 Å². The summed E-state index contributed by atoms with van der Waals surface area (Å²) in [7, 11) is 0. The van der Waals surface area contributed by atoms with E-state index in [1.54, 1.807) is 4.88 Å². The van der Waals surface area contributed by atoms with Crippen LogP contribution in [0.25, 0.3) is 0 Å². The van der Waals surface area contributed by atoms with Crippen LogP contribution in [0.5, 0.6) is 0 Å². The Labute approximate surface area is 216 Å². The first-order valence-electron chi connectivity index (χ1n) is 13.5. The fourth-order valence-corrected chi connectivity index (χ4v) is 5.11. The summed E-state index contributed by atoms with van der Waals surface area (Å²) in [5.41, 5.74) is 0. The molecule has 0 saturated heterocycles. The summed E-state index contributed by atoms with van der Waals surface area (Å²) < 4.78 is 0. The average Bonchev–Trinajstić information content (AvgIpc) is 3.25. The average molecular weight is 445 g/mol. The molecule has 0 spiro atoms. The van der Waals surface area contributed by atoms with E-state index in [2.05, 4.69) is 24.4 Å². The zero-order valence-electron chi connectivity index (χ0n) is 19.9. The van der Waals surface area contributed by atoms with Crippen molar-refractivity contribution in [3.8, 4) is 0 Å². The monoisotopic (exact) mass is 444 g/mol. The van der Waals surface area contributed by atoms with Crippen molar-refractivity contribution in [2.45, 2.75) is 155 Å². The van der Waals surface area contributed by atoms with E-state index in [1.165, 1.54) is 148 Å². The van der Waals surface area contributed by atoms with E-state index in [4.69, 9.17) is 0 Å². The standard InChI is InChI=1S/C28H52S.Na.H/c1-2-3-4-5-6-7-8-9-10-11-12-13-14-15-16-17-18-19-20-21-22-23-25-28-26-24-27-29-28;;/h24,26-27H,2-23,25H2,1H3;;. The third kappa shape index (κ3) is 21.9. The number of aryl methyl sites for hydroxylation is 1. The predicted octanol–water partition coefficient (Wildman–Crippen LogP) is 10.2. The Balaban J connectivity index is 0.00000841. The molecule has 0 radical (unpaired) electrons. The Hall–Kier alpha value is 0.700. The Morgan fingerprint density at radius 1 is 0.500 bits per heavy atom. The quantitative estimate of drug-likeness (QED) is 0.116. The number of rotatable bonds is 23. The normalized spacial score (nSPS) is 11.0. The zero-order valence-corrected chi connectivity index (χ0v) is 20.7. The van der Waals surface area contributed by atoms with Crippen molar-refractivity contribution in [3.05, 3.63) is 22.4 Å². The summed E-state index contributed by atoms with van der Waals surface area (Å²) in [4.78, 5) is 1.57. The topological polar surface area (TPSA) is 0 Å². The molecule has 0 unspecified atom stereocenters. The molecule has 172 valence electrons. The van der Waals surface area contributed by atoms with Gasteiger partial charge >= 0.3 is 29.6 Å². The molecule has 0 N–H and O–H groups in total. The van der Waals surface area contributed by atoms with Crippen molar-refractivity contribution in [2.75, 3.05) is 0 Å². The number of hydrogen-bond donors (Lipinski definition) is 0. The maximum atomic E-state index is 2.30. The Kier molecular flexibility index (Phi) is 26.6. The summed E-state index contributed by atoms with van der Waals surface area (Å²) >= 11 is 1.91. The second kappa shape index (κ2) is 26.0. The Morgan fingerprint density at radius 3 is 1.13 bits per heavy atom. The van der Waals surface area contributed by atoms with Crippen molar-refractivity contribution in [1.82, 2.24) is 0 Å². The maximum absolute atomic E-state index is 2.30. The van der Waals surface area contributed by atoms with Crippen molar-refractivity contribution in [3.63, 3.8) is 0 Å². The van der Waals surface area contributed by atoms with Crippen LogP contribution in [0.2, 0.25) is 0 Å². The van der Waals surface area contributed by atoms with Gasteiger partial charge in [-0.2, -0.15) is 0 Å². The van der Waals surface area contributed by atoms with Gasteiger partial charge in [-0.05, 0) is 24.3 Å². The summed E-state index contributed by atoms with van der Waals surface area (Å²) in [6.45, 7) is 2.30. The molecular formula is C28H53NaS. The van der Waals surface area contributed by atoms with Gasteiger partial charge < -0.3 is 0 Å². The predicted molar refractivity (Wildman–Crippen MR) is 142 cm³/mol. The molecule has 0 bridgehead atoms.